The van der Waals surface area contributed by atoms with Gasteiger partial charge in [-0.05, 0) is 11.4 Å². The fourth-order valence-electron chi connectivity index (χ4n) is 1.59. The zero-order chi connectivity index (χ0) is 11.7. The molecule has 2 aromatic rings. The summed E-state index contributed by atoms with van der Waals surface area (Å²) in [5, 5.41) is 5.78. The van der Waals surface area contributed by atoms with Gasteiger partial charge in [0.15, 0.2) is 0 Å². The maximum absolute atomic E-state index is 5.79. The number of hydrogen-bond acceptors (Lipinski definition) is 7. The molecular formula is C10H11N3O3S. The van der Waals surface area contributed by atoms with Gasteiger partial charge in [0.25, 0.3) is 5.89 Å². The van der Waals surface area contributed by atoms with E-state index in [1.807, 2.05) is 11.4 Å². The highest BCUT2D eigenvalue weighted by atomic mass is 32.1. The van der Waals surface area contributed by atoms with Crippen molar-refractivity contribution in [3.8, 4) is 10.8 Å². The van der Waals surface area contributed by atoms with Crippen LogP contribution in [0.15, 0.2) is 16.0 Å². The van der Waals surface area contributed by atoms with Crippen molar-refractivity contribution >= 4 is 17.0 Å². The van der Waals surface area contributed by atoms with Gasteiger partial charge in [0.2, 0.25) is 5.82 Å². The van der Waals surface area contributed by atoms with Gasteiger partial charge in [0.1, 0.15) is 11.0 Å². The first-order valence-corrected chi connectivity index (χ1v) is 6.09. The average Bonchev–Trinajstić information content (AvgIpc) is 2.98. The van der Waals surface area contributed by atoms with Crippen LogP contribution in [0.4, 0.5) is 5.69 Å². The largest absolute Gasteiger partial charge is 0.397 e. The number of anilines is 1. The Morgan fingerprint density at radius 1 is 1.41 bits per heavy atom. The standard InChI is InChI=1S/C10H11N3O3S/c11-6-1-4-17-8(6)10-12-9(13-16-10)7-5-14-2-3-15-7/h1,4,7H,2-3,5,11H2. The van der Waals surface area contributed by atoms with Crippen molar-refractivity contribution in [1.82, 2.24) is 10.1 Å². The predicted molar refractivity (Wildman–Crippen MR) is 61.5 cm³/mol. The lowest BCUT2D eigenvalue weighted by molar-refractivity contribution is -0.0941. The molecule has 3 rings (SSSR count). The number of ether oxygens (including phenoxy) is 2. The van der Waals surface area contributed by atoms with Crippen LogP contribution >= 0.6 is 11.3 Å². The summed E-state index contributed by atoms with van der Waals surface area (Å²) < 4.78 is 16.0. The zero-order valence-corrected chi connectivity index (χ0v) is 9.77. The number of nitrogen functional groups attached to an aromatic ring is 1. The van der Waals surface area contributed by atoms with Gasteiger partial charge in [-0.1, -0.05) is 5.16 Å². The molecule has 1 unspecified atom stereocenters. The summed E-state index contributed by atoms with van der Waals surface area (Å²) in [6.07, 6.45) is -0.248. The number of aromatic nitrogens is 2. The molecule has 90 valence electrons. The van der Waals surface area contributed by atoms with Crippen molar-refractivity contribution in [2.24, 2.45) is 0 Å². The number of thiophene rings is 1. The van der Waals surface area contributed by atoms with Crippen LogP contribution in [-0.2, 0) is 9.47 Å². The summed E-state index contributed by atoms with van der Waals surface area (Å²) in [6.45, 7) is 1.62. The molecule has 2 aromatic heterocycles. The first-order valence-electron chi connectivity index (χ1n) is 5.21. The molecule has 0 spiro atoms. The molecule has 0 aromatic carbocycles. The molecular weight excluding hydrogens is 242 g/mol. The number of rotatable bonds is 2. The Balaban J connectivity index is 1.85. The van der Waals surface area contributed by atoms with Crippen molar-refractivity contribution in [2.45, 2.75) is 6.10 Å². The molecule has 6 nitrogen and oxygen atoms in total. The van der Waals surface area contributed by atoms with Gasteiger partial charge in [-0.2, -0.15) is 4.98 Å². The van der Waals surface area contributed by atoms with Crippen LogP contribution in [0.1, 0.15) is 11.9 Å². The minimum absolute atomic E-state index is 0.248. The normalized spacial score (nSPS) is 20.6. The molecule has 1 aliphatic rings. The van der Waals surface area contributed by atoms with Gasteiger partial charge in [0, 0.05) is 0 Å². The fourth-order valence-corrected chi connectivity index (χ4v) is 2.33. The number of nitrogens with zero attached hydrogens (tertiary/aromatic N) is 2. The van der Waals surface area contributed by atoms with Crippen molar-refractivity contribution in [3.05, 3.63) is 17.3 Å². The smallest absolute Gasteiger partial charge is 0.270 e. The summed E-state index contributed by atoms with van der Waals surface area (Å²) in [5.41, 5.74) is 6.43. The average molecular weight is 253 g/mol. The molecule has 7 heteroatoms. The van der Waals surface area contributed by atoms with Crippen molar-refractivity contribution in [2.75, 3.05) is 25.6 Å². The lowest BCUT2D eigenvalue weighted by Gasteiger charge is -2.19. The first kappa shape index (κ1) is 10.7. The maximum atomic E-state index is 5.79. The minimum Gasteiger partial charge on any atom is -0.397 e. The van der Waals surface area contributed by atoms with Gasteiger partial charge >= 0.3 is 0 Å². The van der Waals surface area contributed by atoms with Gasteiger partial charge in [-0.25, -0.2) is 0 Å². The molecule has 0 saturated carbocycles. The zero-order valence-electron chi connectivity index (χ0n) is 8.96. The molecule has 0 aliphatic carbocycles. The van der Waals surface area contributed by atoms with Gasteiger partial charge in [-0.3, -0.25) is 0 Å². The third-order valence-corrected chi connectivity index (χ3v) is 3.35. The maximum Gasteiger partial charge on any atom is 0.270 e. The Hall–Kier alpha value is -1.44. The van der Waals surface area contributed by atoms with Crippen LogP contribution < -0.4 is 5.73 Å². The van der Waals surface area contributed by atoms with Gasteiger partial charge < -0.3 is 19.7 Å². The topological polar surface area (TPSA) is 83.4 Å². The van der Waals surface area contributed by atoms with Crippen LogP contribution in [0.5, 0.6) is 0 Å². The van der Waals surface area contributed by atoms with Crippen LogP contribution in [0.25, 0.3) is 10.8 Å². The molecule has 1 saturated heterocycles. The van der Waals surface area contributed by atoms with E-state index in [1.54, 1.807) is 0 Å². The lowest BCUT2D eigenvalue weighted by atomic mass is 10.3. The van der Waals surface area contributed by atoms with E-state index in [2.05, 4.69) is 10.1 Å². The summed E-state index contributed by atoms with van der Waals surface area (Å²) >= 11 is 1.47. The molecule has 1 fully saturated rings. The third kappa shape index (κ3) is 2.04. The van der Waals surface area contributed by atoms with Crippen LogP contribution in [-0.4, -0.2) is 30.0 Å². The van der Waals surface area contributed by atoms with Crippen LogP contribution in [0, 0.1) is 0 Å². The Bertz CT molecular complexity index is 504. The Morgan fingerprint density at radius 3 is 3.06 bits per heavy atom. The van der Waals surface area contributed by atoms with Gasteiger partial charge in [-0.15, -0.1) is 11.3 Å². The second-order valence-corrected chi connectivity index (χ2v) is 4.51. The summed E-state index contributed by atoms with van der Waals surface area (Å²) in [6, 6.07) is 1.81. The number of hydrogen-bond donors (Lipinski definition) is 1. The van der Waals surface area contributed by atoms with E-state index in [0.717, 1.165) is 4.88 Å². The molecule has 2 N–H and O–H groups in total. The van der Waals surface area contributed by atoms with E-state index in [9.17, 15) is 0 Å². The van der Waals surface area contributed by atoms with Crippen LogP contribution in [0.2, 0.25) is 0 Å². The first-order chi connectivity index (χ1) is 8.34. The van der Waals surface area contributed by atoms with Crippen molar-refractivity contribution in [3.63, 3.8) is 0 Å². The molecule has 0 amide bonds. The quantitative estimate of drug-likeness (QED) is 0.872. The molecule has 1 aliphatic heterocycles. The molecule has 0 radical (unpaired) electrons. The molecule has 0 bridgehead atoms. The van der Waals surface area contributed by atoms with Crippen molar-refractivity contribution < 1.29 is 14.0 Å². The highest BCUT2D eigenvalue weighted by Crippen LogP contribution is 2.31. The van der Waals surface area contributed by atoms with Gasteiger partial charge in [0.05, 0.1) is 25.5 Å². The van der Waals surface area contributed by atoms with E-state index in [1.165, 1.54) is 11.3 Å². The Labute approximate surface area is 101 Å². The summed E-state index contributed by atoms with van der Waals surface area (Å²) in [7, 11) is 0. The van der Waals surface area contributed by atoms with Crippen molar-refractivity contribution in [1.29, 1.82) is 0 Å². The van der Waals surface area contributed by atoms with E-state index >= 15 is 0 Å². The highest BCUT2D eigenvalue weighted by molar-refractivity contribution is 7.14. The second kappa shape index (κ2) is 4.44. The summed E-state index contributed by atoms with van der Waals surface area (Å²) in [4.78, 5) is 5.08. The predicted octanol–water partition coefficient (Wildman–Crippen LogP) is 1.47. The van der Waals surface area contributed by atoms with E-state index < -0.39 is 0 Å². The Kier molecular flexibility index (Phi) is 2.79. The number of nitrogens with two attached hydrogens (primary N) is 1. The third-order valence-electron chi connectivity index (χ3n) is 2.44. The van der Waals surface area contributed by atoms with E-state index in [4.69, 9.17) is 19.7 Å². The van der Waals surface area contributed by atoms with Crippen LogP contribution in [0.3, 0.4) is 0 Å². The molecule has 1 atom stereocenters. The second-order valence-electron chi connectivity index (χ2n) is 3.60. The fraction of sp³-hybridized carbons (Fsp3) is 0.400. The SMILES string of the molecule is Nc1ccsc1-c1nc(C2COCCO2)no1. The Morgan fingerprint density at radius 2 is 2.35 bits per heavy atom. The van der Waals surface area contributed by atoms with E-state index in [0.29, 0.717) is 37.2 Å². The monoisotopic (exact) mass is 253 g/mol. The highest BCUT2D eigenvalue weighted by Gasteiger charge is 2.23. The summed E-state index contributed by atoms with van der Waals surface area (Å²) in [5.74, 6) is 0.939. The molecule has 17 heavy (non-hydrogen) atoms. The lowest BCUT2D eigenvalue weighted by Crippen LogP contribution is -2.22. The molecule has 3 heterocycles. The van der Waals surface area contributed by atoms with E-state index in [-0.39, 0.29) is 6.10 Å². The minimum atomic E-state index is -0.248.